The Hall–Kier alpha value is -1.36. The molecule has 0 unspecified atom stereocenters. The second kappa shape index (κ2) is 9.71. The number of rotatable bonds is 8. The van der Waals surface area contributed by atoms with Crippen molar-refractivity contribution < 1.29 is 9.53 Å². The van der Waals surface area contributed by atoms with Gasteiger partial charge in [-0.15, -0.1) is 0 Å². The molecule has 1 amide bonds. The van der Waals surface area contributed by atoms with Crippen molar-refractivity contribution in [1.29, 1.82) is 0 Å². The lowest BCUT2D eigenvalue weighted by Gasteiger charge is -2.10. The molecule has 2 rings (SSSR count). The van der Waals surface area contributed by atoms with E-state index in [1.165, 1.54) is 5.56 Å². The van der Waals surface area contributed by atoms with Gasteiger partial charge in [0.15, 0.2) is 12.4 Å². The maximum absolute atomic E-state index is 11.7. The summed E-state index contributed by atoms with van der Waals surface area (Å²) in [5, 5.41) is 3.59. The minimum Gasteiger partial charge on any atom is -0.481 e. The molecule has 0 radical (unpaired) electrons. The van der Waals surface area contributed by atoms with Crippen LogP contribution in [0.2, 0.25) is 10.0 Å². The largest absolute Gasteiger partial charge is 0.481 e. The van der Waals surface area contributed by atoms with Gasteiger partial charge in [0, 0.05) is 18.1 Å². The maximum atomic E-state index is 11.7. The van der Waals surface area contributed by atoms with Gasteiger partial charge in [-0.05, 0) is 17.7 Å². The predicted molar refractivity (Wildman–Crippen MR) is 97.6 cm³/mol. The van der Waals surface area contributed by atoms with Crippen molar-refractivity contribution in [3.05, 3.63) is 64.1 Å². The van der Waals surface area contributed by atoms with Gasteiger partial charge in [-0.2, -0.15) is 11.8 Å². The molecule has 0 bridgehead atoms. The maximum Gasteiger partial charge on any atom is 0.257 e. The van der Waals surface area contributed by atoms with Gasteiger partial charge in [0.05, 0.1) is 10.0 Å². The van der Waals surface area contributed by atoms with Gasteiger partial charge >= 0.3 is 0 Å². The van der Waals surface area contributed by atoms with Gasteiger partial charge in [-0.1, -0.05) is 59.6 Å². The Morgan fingerprint density at radius 3 is 2.43 bits per heavy atom. The fourth-order valence-corrected chi connectivity index (χ4v) is 3.16. The number of benzene rings is 2. The zero-order chi connectivity index (χ0) is 16.5. The average Bonchev–Trinajstić information content (AvgIpc) is 2.55. The molecular weight excluding hydrogens is 353 g/mol. The molecule has 23 heavy (non-hydrogen) atoms. The molecule has 0 saturated heterocycles. The summed E-state index contributed by atoms with van der Waals surface area (Å²) >= 11 is 13.7. The summed E-state index contributed by atoms with van der Waals surface area (Å²) in [5.74, 6) is 1.92. The van der Waals surface area contributed by atoms with E-state index in [1.807, 2.05) is 18.2 Å². The highest BCUT2D eigenvalue weighted by atomic mass is 35.5. The molecule has 6 heteroatoms. The SMILES string of the molecule is O=C(COc1c(Cl)cccc1Cl)NCCSCc1ccccc1. The van der Waals surface area contributed by atoms with Gasteiger partial charge in [-0.3, -0.25) is 4.79 Å². The molecule has 1 N–H and O–H groups in total. The lowest BCUT2D eigenvalue weighted by molar-refractivity contribution is -0.122. The van der Waals surface area contributed by atoms with E-state index in [0.717, 1.165) is 11.5 Å². The van der Waals surface area contributed by atoms with Gasteiger partial charge < -0.3 is 10.1 Å². The second-order valence-electron chi connectivity index (χ2n) is 4.73. The summed E-state index contributed by atoms with van der Waals surface area (Å²) in [6.45, 7) is 0.489. The topological polar surface area (TPSA) is 38.3 Å². The molecule has 3 nitrogen and oxygen atoms in total. The zero-order valence-electron chi connectivity index (χ0n) is 12.4. The van der Waals surface area contributed by atoms with Crippen LogP contribution in [0.25, 0.3) is 0 Å². The third-order valence-corrected chi connectivity index (χ3v) is 4.57. The number of nitrogens with one attached hydrogen (secondary N) is 1. The Kier molecular flexibility index (Phi) is 7.59. The Labute approximate surface area is 150 Å². The van der Waals surface area contributed by atoms with Gasteiger partial charge in [0.25, 0.3) is 5.91 Å². The molecule has 0 fully saturated rings. The first-order valence-electron chi connectivity index (χ1n) is 7.12. The summed E-state index contributed by atoms with van der Waals surface area (Å²) in [6, 6.07) is 15.3. The lowest BCUT2D eigenvalue weighted by Crippen LogP contribution is -2.30. The molecule has 122 valence electrons. The number of hydrogen-bond acceptors (Lipinski definition) is 3. The molecule has 0 spiro atoms. The van der Waals surface area contributed by atoms with E-state index >= 15 is 0 Å². The van der Waals surface area contributed by atoms with E-state index in [2.05, 4.69) is 17.4 Å². The van der Waals surface area contributed by atoms with Gasteiger partial charge in [0.1, 0.15) is 0 Å². The number of carbonyl (C=O) groups excluding carboxylic acids is 1. The zero-order valence-corrected chi connectivity index (χ0v) is 14.8. The molecular formula is C17H17Cl2NO2S. The van der Waals surface area contributed by atoms with Gasteiger partial charge in [-0.25, -0.2) is 0 Å². The number of ether oxygens (including phenoxy) is 1. The van der Waals surface area contributed by atoms with Crippen LogP contribution in [-0.2, 0) is 10.5 Å². The molecule has 0 saturated carbocycles. The van der Waals surface area contributed by atoms with E-state index < -0.39 is 0 Å². The van der Waals surface area contributed by atoms with E-state index in [0.29, 0.717) is 22.3 Å². The molecule has 0 aliphatic heterocycles. The van der Waals surface area contributed by atoms with Crippen LogP contribution < -0.4 is 10.1 Å². The molecule has 0 atom stereocenters. The number of para-hydroxylation sites is 1. The van der Waals surface area contributed by atoms with E-state index in [9.17, 15) is 4.79 Å². The molecule has 2 aromatic carbocycles. The van der Waals surface area contributed by atoms with Crippen molar-refractivity contribution >= 4 is 40.9 Å². The molecule has 0 heterocycles. The van der Waals surface area contributed by atoms with Crippen LogP contribution in [-0.4, -0.2) is 24.8 Å². The lowest BCUT2D eigenvalue weighted by atomic mass is 10.2. The van der Waals surface area contributed by atoms with Gasteiger partial charge in [0.2, 0.25) is 0 Å². The quantitative estimate of drug-likeness (QED) is 0.699. The van der Waals surface area contributed by atoms with Crippen LogP contribution in [0.5, 0.6) is 5.75 Å². The predicted octanol–water partition coefficient (Wildman–Crippen LogP) is 4.42. The summed E-state index contributed by atoms with van der Waals surface area (Å²) < 4.78 is 5.37. The highest BCUT2D eigenvalue weighted by Gasteiger charge is 2.09. The van der Waals surface area contributed by atoms with E-state index in [1.54, 1.807) is 30.0 Å². The fourth-order valence-electron chi connectivity index (χ4n) is 1.84. The highest BCUT2D eigenvalue weighted by molar-refractivity contribution is 7.98. The van der Waals surface area contributed by atoms with Crippen LogP contribution in [0.1, 0.15) is 5.56 Å². The molecule has 0 aliphatic rings. The molecule has 0 aliphatic carbocycles. The third-order valence-electron chi connectivity index (χ3n) is 2.95. The summed E-state index contributed by atoms with van der Waals surface area (Å²) in [6.07, 6.45) is 0. The minimum atomic E-state index is -0.193. The minimum absolute atomic E-state index is 0.104. The monoisotopic (exact) mass is 369 g/mol. The summed E-state index contributed by atoms with van der Waals surface area (Å²) in [7, 11) is 0. The van der Waals surface area contributed by atoms with Crippen molar-refractivity contribution in [2.75, 3.05) is 18.9 Å². The van der Waals surface area contributed by atoms with E-state index in [-0.39, 0.29) is 12.5 Å². The smallest absolute Gasteiger partial charge is 0.257 e. The number of carbonyl (C=O) groups is 1. The summed E-state index contributed by atoms with van der Waals surface area (Å²) in [4.78, 5) is 11.7. The fraction of sp³-hybridized carbons (Fsp3) is 0.235. The van der Waals surface area contributed by atoms with Crippen molar-refractivity contribution in [2.24, 2.45) is 0 Å². The normalized spacial score (nSPS) is 10.3. The van der Waals surface area contributed by atoms with Crippen LogP contribution in [0.4, 0.5) is 0 Å². The number of thioether (sulfide) groups is 1. The molecule has 2 aromatic rings. The number of halogens is 2. The van der Waals surface area contributed by atoms with Crippen LogP contribution in [0.3, 0.4) is 0 Å². The van der Waals surface area contributed by atoms with Crippen molar-refractivity contribution in [3.8, 4) is 5.75 Å². The highest BCUT2D eigenvalue weighted by Crippen LogP contribution is 2.32. The first-order chi connectivity index (χ1) is 11.2. The Morgan fingerprint density at radius 2 is 1.74 bits per heavy atom. The second-order valence-corrected chi connectivity index (χ2v) is 6.65. The average molecular weight is 370 g/mol. The third kappa shape index (κ3) is 6.34. The van der Waals surface area contributed by atoms with Crippen molar-refractivity contribution in [2.45, 2.75) is 5.75 Å². The summed E-state index contributed by atoms with van der Waals surface area (Å²) in [5.41, 5.74) is 1.28. The Bertz CT molecular complexity index is 617. The standard InChI is InChI=1S/C17H17Cl2NO2S/c18-14-7-4-8-15(19)17(14)22-11-16(21)20-9-10-23-12-13-5-2-1-3-6-13/h1-8H,9-12H2,(H,20,21). The van der Waals surface area contributed by atoms with Crippen LogP contribution in [0, 0.1) is 0 Å². The Morgan fingerprint density at radius 1 is 1.04 bits per heavy atom. The van der Waals surface area contributed by atoms with Crippen molar-refractivity contribution in [3.63, 3.8) is 0 Å². The van der Waals surface area contributed by atoms with Crippen molar-refractivity contribution in [1.82, 2.24) is 5.32 Å². The molecule has 0 aromatic heterocycles. The van der Waals surface area contributed by atoms with Crippen LogP contribution >= 0.6 is 35.0 Å². The van der Waals surface area contributed by atoms with E-state index in [4.69, 9.17) is 27.9 Å². The first kappa shape index (κ1) is 18.0. The Balaban J connectivity index is 1.62. The van der Waals surface area contributed by atoms with Crippen LogP contribution in [0.15, 0.2) is 48.5 Å². The number of hydrogen-bond donors (Lipinski definition) is 1. The first-order valence-corrected chi connectivity index (χ1v) is 9.03. The number of amides is 1.